The van der Waals surface area contributed by atoms with Gasteiger partial charge in [-0.3, -0.25) is 9.69 Å². The van der Waals surface area contributed by atoms with Crippen LogP contribution in [0.5, 0.6) is 5.75 Å². The molecule has 3 rings (SSSR count). The van der Waals surface area contributed by atoms with Crippen molar-refractivity contribution in [3.05, 3.63) is 65.2 Å². The Morgan fingerprint density at radius 3 is 2.41 bits per heavy atom. The molecular weight excluding hydrogens is 336 g/mol. The molecule has 1 fully saturated rings. The Kier molecular flexibility index (Phi) is 6.88. The molecule has 2 aromatic carbocycles. The van der Waals surface area contributed by atoms with Gasteiger partial charge in [-0.15, -0.1) is 0 Å². The van der Waals surface area contributed by atoms with Crippen LogP contribution in [-0.2, 0) is 17.9 Å². The lowest BCUT2D eigenvalue weighted by Gasteiger charge is -2.20. The molecule has 1 aliphatic heterocycles. The van der Waals surface area contributed by atoms with Gasteiger partial charge in [0, 0.05) is 13.1 Å². The number of ether oxygens (including phenoxy) is 1. The Balaban J connectivity index is 1.58. The van der Waals surface area contributed by atoms with E-state index in [2.05, 4.69) is 28.4 Å². The molecule has 1 atom stereocenters. The molecule has 0 aliphatic carbocycles. The molecule has 1 unspecified atom stereocenters. The van der Waals surface area contributed by atoms with Crippen LogP contribution < -0.4 is 10.1 Å². The smallest absolute Gasteiger partial charge is 0.261 e. The fourth-order valence-electron chi connectivity index (χ4n) is 3.47. The number of nitrogens with zero attached hydrogens (tertiary/aromatic N) is 1. The van der Waals surface area contributed by atoms with E-state index in [9.17, 15) is 4.79 Å². The van der Waals surface area contributed by atoms with Crippen molar-refractivity contribution in [1.82, 2.24) is 10.2 Å². The van der Waals surface area contributed by atoms with Crippen molar-refractivity contribution < 1.29 is 9.53 Å². The van der Waals surface area contributed by atoms with E-state index in [4.69, 9.17) is 4.74 Å². The summed E-state index contributed by atoms with van der Waals surface area (Å²) in [5.41, 5.74) is 3.66. The number of carbonyl (C=O) groups excluding carboxylic acids is 1. The zero-order chi connectivity index (χ0) is 19.1. The SMILES string of the molecule is CCC(Oc1ccc(C)cc1)C(=O)NCc1ccccc1CN1CCCC1. The molecule has 1 heterocycles. The largest absolute Gasteiger partial charge is 0.481 e. The van der Waals surface area contributed by atoms with Crippen molar-refractivity contribution in [2.45, 2.75) is 52.3 Å². The summed E-state index contributed by atoms with van der Waals surface area (Å²) in [6, 6.07) is 16.2. The molecule has 0 aromatic heterocycles. The van der Waals surface area contributed by atoms with E-state index in [1.165, 1.54) is 42.6 Å². The fraction of sp³-hybridized carbons (Fsp3) is 0.435. The number of hydrogen-bond acceptors (Lipinski definition) is 3. The van der Waals surface area contributed by atoms with Gasteiger partial charge in [-0.1, -0.05) is 48.9 Å². The summed E-state index contributed by atoms with van der Waals surface area (Å²) in [5, 5.41) is 3.06. The third-order valence-corrected chi connectivity index (χ3v) is 5.13. The Morgan fingerprint density at radius 2 is 1.74 bits per heavy atom. The van der Waals surface area contributed by atoms with Crippen LogP contribution in [0.25, 0.3) is 0 Å². The molecule has 1 saturated heterocycles. The topological polar surface area (TPSA) is 41.6 Å². The van der Waals surface area contributed by atoms with Crippen LogP contribution >= 0.6 is 0 Å². The number of benzene rings is 2. The van der Waals surface area contributed by atoms with Crippen LogP contribution in [0.2, 0.25) is 0 Å². The Labute approximate surface area is 162 Å². The van der Waals surface area contributed by atoms with Gasteiger partial charge in [-0.05, 0) is 62.5 Å². The maximum Gasteiger partial charge on any atom is 0.261 e. The highest BCUT2D eigenvalue weighted by molar-refractivity contribution is 5.81. The average Bonchev–Trinajstić information content (AvgIpc) is 3.19. The van der Waals surface area contributed by atoms with Crippen LogP contribution in [-0.4, -0.2) is 30.0 Å². The minimum Gasteiger partial charge on any atom is -0.481 e. The molecule has 27 heavy (non-hydrogen) atoms. The molecule has 0 bridgehead atoms. The number of rotatable bonds is 8. The molecule has 2 aromatic rings. The van der Waals surface area contributed by atoms with Crippen LogP contribution in [0.3, 0.4) is 0 Å². The van der Waals surface area contributed by atoms with Crippen molar-refractivity contribution in [2.24, 2.45) is 0 Å². The van der Waals surface area contributed by atoms with E-state index in [0.29, 0.717) is 13.0 Å². The van der Waals surface area contributed by atoms with E-state index in [0.717, 1.165) is 12.3 Å². The van der Waals surface area contributed by atoms with Crippen molar-refractivity contribution in [1.29, 1.82) is 0 Å². The van der Waals surface area contributed by atoms with Crippen molar-refractivity contribution in [3.63, 3.8) is 0 Å². The van der Waals surface area contributed by atoms with Gasteiger partial charge in [0.05, 0.1) is 0 Å². The van der Waals surface area contributed by atoms with Crippen molar-refractivity contribution in [2.75, 3.05) is 13.1 Å². The summed E-state index contributed by atoms with van der Waals surface area (Å²) in [5.74, 6) is 0.672. The first-order valence-electron chi connectivity index (χ1n) is 9.96. The number of carbonyl (C=O) groups is 1. The van der Waals surface area contributed by atoms with Gasteiger partial charge in [0.1, 0.15) is 5.75 Å². The summed E-state index contributed by atoms with van der Waals surface area (Å²) < 4.78 is 5.89. The third kappa shape index (κ3) is 5.57. The van der Waals surface area contributed by atoms with Gasteiger partial charge < -0.3 is 10.1 Å². The highest BCUT2D eigenvalue weighted by Crippen LogP contribution is 2.17. The number of hydrogen-bond donors (Lipinski definition) is 1. The zero-order valence-electron chi connectivity index (χ0n) is 16.4. The molecule has 1 aliphatic rings. The van der Waals surface area contributed by atoms with Gasteiger partial charge in [0.2, 0.25) is 0 Å². The van der Waals surface area contributed by atoms with E-state index < -0.39 is 6.10 Å². The second-order valence-corrected chi connectivity index (χ2v) is 7.30. The molecule has 4 heteroatoms. The number of aryl methyl sites for hydroxylation is 1. The van der Waals surface area contributed by atoms with Gasteiger partial charge in [0.15, 0.2) is 6.10 Å². The average molecular weight is 367 g/mol. The molecule has 144 valence electrons. The molecule has 0 saturated carbocycles. The Morgan fingerprint density at radius 1 is 1.07 bits per heavy atom. The van der Waals surface area contributed by atoms with Crippen LogP contribution in [0.4, 0.5) is 0 Å². The second kappa shape index (κ2) is 9.56. The van der Waals surface area contributed by atoms with Gasteiger partial charge in [-0.2, -0.15) is 0 Å². The van der Waals surface area contributed by atoms with Gasteiger partial charge in [-0.25, -0.2) is 0 Å². The van der Waals surface area contributed by atoms with E-state index in [1.807, 2.05) is 44.2 Å². The maximum atomic E-state index is 12.6. The van der Waals surface area contributed by atoms with Crippen LogP contribution in [0.15, 0.2) is 48.5 Å². The normalized spacial score (nSPS) is 15.5. The van der Waals surface area contributed by atoms with E-state index in [1.54, 1.807) is 0 Å². The van der Waals surface area contributed by atoms with Crippen LogP contribution in [0.1, 0.15) is 42.9 Å². The maximum absolute atomic E-state index is 12.6. The summed E-state index contributed by atoms with van der Waals surface area (Å²) in [6.45, 7) is 7.85. The number of amides is 1. The van der Waals surface area contributed by atoms with Gasteiger partial charge >= 0.3 is 0 Å². The first kappa shape index (κ1) is 19.4. The van der Waals surface area contributed by atoms with Crippen LogP contribution in [0, 0.1) is 6.92 Å². The molecular formula is C23H30N2O2. The predicted octanol–water partition coefficient (Wildman–Crippen LogP) is 4.06. The summed E-state index contributed by atoms with van der Waals surface area (Å²) in [6.07, 6.45) is 2.73. The zero-order valence-corrected chi connectivity index (χ0v) is 16.4. The highest BCUT2D eigenvalue weighted by Gasteiger charge is 2.19. The summed E-state index contributed by atoms with van der Waals surface area (Å²) in [7, 11) is 0. The first-order chi connectivity index (χ1) is 13.2. The van der Waals surface area contributed by atoms with Gasteiger partial charge in [0.25, 0.3) is 5.91 Å². The minimum atomic E-state index is -0.474. The number of nitrogens with one attached hydrogen (secondary N) is 1. The lowest BCUT2D eigenvalue weighted by molar-refractivity contribution is -0.128. The number of likely N-dealkylation sites (tertiary alicyclic amines) is 1. The fourth-order valence-corrected chi connectivity index (χ4v) is 3.47. The van der Waals surface area contributed by atoms with Crippen molar-refractivity contribution in [3.8, 4) is 5.75 Å². The monoisotopic (exact) mass is 366 g/mol. The minimum absolute atomic E-state index is 0.0611. The standard InChI is InChI=1S/C23H30N2O2/c1-3-22(27-21-12-10-18(2)11-13-21)23(26)24-16-19-8-4-5-9-20(19)17-25-14-6-7-15-25/h4-5,8-13,22H,3,6-7,14-17H2,1-2H3,(H,24,26). The highest BCUT2D eigenvalue weighted by atomic mass is 16.5. The predicted molar refractivity (Wildman–Crippen MR) is 109 cm³/mol. The molecule has 0 spiro atoms. The summed E-state index contributed by atoms with van der Waals surface area (Å²) in [4.78, 5) is 15.1. The van der Waals surface area contributed by atoms with E-state index >= 15 is 0 Å². The second-order valence-electron chi connectivity index (χ2n) is 7.30. The lowest BCUT2D eigenvalue weighted by atomic mass is 10.1. The Bertz CT molecular complexity index is 736. The molecule has 1 N–H and O–H groups in total. The van der Waals surface area contributed by atoms with E-state index in [-0.39, 0.29) is 5.91 Å². The third-order valence-electron chi connectivity index (χ3n) is 5.13. The molecule has 4 nitrogen and oxygen atoms in total. The molecule has 0 radical (unpaired) electrons. The lowest BCUT2D eigenvalue weighted by Crippen LogP contribution is -2.37. The Hall–Kier alpha value is -2.33. The molecule has 1 amide bonds. The quantitative estimate of drug-likeness (QED) is 0.766. The summed E-state index contributed by atoms with van der Waals surface area (Å²) >= 11 is 0. The van der Waals surface area contributed by atoms with Crippen molar-refractivity contribution >= 4 is 5.91 Å². The first-order valence-corrected chi connectivity index (χ1v) is 9.96.